The third-order valence-electron chi connectivity index (χ3n) is 8.41. The highest BCUT2D eigenvalue weighted by Crippen LogP contribution is 2.47. The van der Waals surface area contributed by atoms with Crippen LogP contribution in [0, 0.1) is 17.3 Å². The van der Waals surface area contributed by atoms with E-state index in [1.165, 1.54) is 12.8 Å². The molecule has 9 heteroatoms. The number of hydrogen-bond acceptors (Lipinski definition) is 4. The summed E-state index contributed by atoms with van der Waals surface area (Å²) in [6, 6.07) is 5.19. The van der Waals surface area contributed by atoms with Crippen molar-refractivity contribution in [1.82, 2.24) is 15.1 Å². The second kappa shape index (κ2) is 10.4. The smallest absolute Gasteiger partial charge is 0.407 e. The zero-order chi connectivity index (χ0) is 25.4. The molecule has 2 aliphatic carbocycles. The molecule has 0 radical (unpaired) electrons. The lowest BCUT2D eigenvalue weighted by Crippen LogP contribution is -2.46. The van der Waals surface area contributed by atoms with Crippen LogP contribution in [0.5, 0.6) is 0 Å². The third-order valence-corrected chi connectivity index (χ3v) is 9.15. The summed E-state index contributed by atoms with van der Waals surface area (Å²) in [6.45, 7) is 4.61. The van der Waals surface area contributed by atoms with Gasteiger partial charge >= 0.3 is 6.09 Å². The molecular formula is C27H35Cl2N3O4. The van der Waals surface area contributed by atoms with E-state index in [-0.39, 0.29) is 35.1 Å². The van der Waals surface area contributed by atoms with E-state index in [1.54, 1.807) is 6.07 Å². The van der Waals surface area contributed by atoms with Crippen molar-refractivity contribution in [2.24, 2.45) is 17.3 Å². The van der Waals surface area contributed by atoms with E-state index in [0.717, 1.165) is 24.8 Å². The van der Waals surface area contributed by atoms with E-state index < -0.39 is 6.09 Å². The number of alkyl carbamates (subject to hydrolysis) is 1. The molecule has 0 spiro atoms. The van der Waals surface area contributed by atoms with E-state index in [2.05, 4.69) is 5.32 Å². The Labute approximate surface area is 222 Å². The van der Waals surface area contributed by atoms with Gasteiger partial charge in [0, 0.05) is 43.4 Å². The number of carbonyl (C=O) groups is 3. The third kappa shape index (κ3) is 5.77. The SMILES string of the molecule is CC1(C(=O)N2CCC(C(=O)N3C[C@H](NC(=O)OCCC4CC4)[C@@H](c4ccc(Cl)c(Cl)c4)C3)CC2)CC1. The van der Waals surface area contributed by atoms with Crippen molar-refractivity contribution < 1.29 is 19.1 Å². The minimum absolute atomic E-state index is 0.0937. The number of amides is 3. The Morgan fingerprint density at radius 2 is 1.75 bits per heavy atom. The van der Waals surface area contributed by atoms with Crippen LogP contribution >= 0.6 is 23.2 Å². The Morgan fingerprint density at radius 3 is 2.39 bits per heavy atom. The molecule has 0 aromatic heterocycles. The van der Waals surface area contributed by atoms with Gasteiger partial charge in [-0.2, -0.15) is 0 Å². The second-order valence-corrected chi connectivity index (χ2v) is 12.1. The summed E-state index contributed by atoms with van der Waals surface area (Å²) in [5, 5.41) is 3.92. The van der Waals surface area contributed by atoms with Crippen molar-refractivity contribution in [3.05, 3.63) is 33.8 Å². The van der Waals surface area contributed by atoms with Gasteiger partial charge in [-0.1, -0.05) is 49.0 Å². The predicted molar refractivity (Wildman–Crippen MR) is 138 cm³/mol. The molecule has 7 nitrogen and oxygen atoms in total. The molecule has 2 saturated heterocycles. The van der Waals surface area contributed by atoms with Gasteiger partial charge in [0.1, 0.15) is 0 Å². The van der Waals surface area contributed by atoms with Gasteiger partial charge in [-0.25, -0.2) is 4.79 Å². The lowest BCUT2D eigenvalue weighted by Gasteiger charge is -2.34. The highest BCUT2D eigenvalue weighted by atomic mass is 35.5. The molecule has 2 heterocycles. The lowest BCUT2D eigenvalue weighted by atomic mass is 9.93. The van der Waals surface area contributed by atoms with Crippen molar-refractivity contribution in [2.75, 3.05) is 32.8 Å². The zero-order valence-electron chi connectivity index (χ0n) is 20.8. The summed E-state index contributed by atoms with van der Waals surface area (Å²) >= 11 is 12.4. The van der Waals surface area contributed by atoms with Gasteiger partial charge in [-0.3, -0.25) is 9.59 Å². The number of rotatable bonds is 7. The van der Waals surface area contributed by atoms with E-state index in [0.29, 0.717) is 61.6 Å². The van der Waals surface area contributed by atoms with Gasteiger partial charge in [0.05, 0.1) is 22.7 Å². The van der Waals surface area contributed by atoms with E-state index in [1.807, 2.05) is 28.9 Å². The first kappa shape index (κ1) is 25.7. The number of piperidine rings is 1. The number of nitrogens with one attached hydrogen (secondary N) is 1. The Morgan fingerprint density at radius 1 is 1.03 bits per heavy atom. The largest absolute Gasteiger partial charge is 0.450 e. The number of nitrogens with zero attached hydrogens (tertiary/aromatic N) is 2. The number of hydrogen-bond donors (Lipinski definition) is 1. The van der Waals surface area contributed by atoms with Crippen LogP contribution in [-0.2, 0) is 14.3 Å². The molecule has 3 amide bonds. The maximum absolute atomic E-state index is 13.5. The number of ether oxygens (including phenoxy) is 1. The number of carbonyl (C=O) groups excluding carboxylic acids is 3. The number of likely N-dealkylation sites (tertiary alicyclic amines) is 2. The van der Waals surface area contributed by atoms with E-state index in [4.69, 9.17) is 27.9 Å². The van der Waals surface area contributed by atoms with Gasteiger partial charge in [0.25, 0.3) is 0 Å². The number of benzene rings is 1. The maximum Gasteiger partial charge on any atom is 0.407 e. The molecule has 196 valence electrons. The Kier molecular flexibility index (Phi) is 7.42. The summed E-state index contributed by atoms with van der Waals surface area (Å²) in [7, 11) is 0. The number of halogens is 2. The topological polar surface area (TPSA) is 79.0 Å². The quantitative estimate of drug-likeness (QED) is 0.541. The van der Waals surface area contributed by atoms with Crippen LogP contribution in [0.2, 0.25) is 10.0 Å². The zero-order valence-corrected chi connectivity index (χ0v) is 22.3. The Bertz CT molecular complexity index is 1020. The van der Waals surface area contributed by atoms with Crippen LogP contribution in [0.25, 0.3) is 0 Å². The van der Waals surface area contributed by atoms with Gasteiger partial charge in [-0.15, -0.1) is 0 Å². The predicted octanol–water partition coefficient (Wildman–Crippen LogP) is 4.85. The minimum atomic E-state index is -0.444. The van der Waals surface area contributed by atoms with E-state index >= 15 is 0 Å². The van der Waals surface area contributed by atoms with Crippen molar-refractivity contribution in [3.8, 4) is 0 Å². The molecule has 2 saturated carbocycles. The van der Waals surface area contributed by atoms with Crippen molar-refractivity contribution in [3.63, 3.8) is 0 Å². The maximum atomic E-state index is 13.5. The minimum Gasteiger partial charge on any atom is -0.450 e. The molecule has 36 heavy (non-hydrogen) atoms. The molecule has 0 bridgehead atoms. The fourth-order valence-electron chi connectivity index (χ4n) is 5.50. The highest BCUT2D eigenvalue weighted by Gasteiger charge is 2.48. The van der Waals surface area contributed by atoms with Crippen molar-refractivity contribution in [1.29, 1.82) is 0 Å². The van der Waals surface area contributed by atoms with Crippen LogP contribution in [0.3, 0.4) is 0 Å². The second-order valence-electron chi connectivity index (χ2n) is 11.3. The van der Waals surface area contributed by atoms with E-state index in [9.17, 15) is 14.4 Å². The monoisotopic (exact) mass is 535 g/mol. The molecule has 4 fully saturated rings. The molecule has 4 aliphatic rings. The van der Waals surface area contributed by atoms with Crippen molar-refractivity contribution in [2.45, 2.75) is 63.8 Å². The summed E-state index contributed by atoms with van der Waals surface area (Å²) in [5.74, 6) is 0.793. The highest BCUT2D eigenvalue weighted by molar-refractivity contribution is 6.42. The van der Waals surface area contributed by atoms with Crippen LogP contribution in [0.1, 0.15) is 63.4 Å². The summed E-state index contributed by atoms with van der Waals surface area (Å²) < 4.78 is 5.42. The molecule has 2 atom stereocenters. The van der Waals surface area contributed by atoms with Crippen LogP contribution in [0.15, 0.2) is 18.2 Å². The fourth-order valence-corrected chi connectivity index (χ4v) is 5.81. The average molecular weight is 537 g/mol. The van der Waals surface area contributed by atoms with Crippen LogP contribution in [0.4, 0.5) is 4.79 Å². The van der Waals surface area contributed by atoms with Gasteiger partial charge in [-0.05, 0) is 55.7 Å². The molecule has 0 unspecified atom stereocenters. The first-order valence-corrected chi connectivity index (χ1v) is 14.0. The lowest BCUT2D eigenvalue weighted by molar-refractivity contribution is -0.142. The molecule has 1 N–H and O–H groups in total. The van der Waals surface area contributed by atoms with Gasteiger partial charge in [0.15, 0.2) is 0 Å². The fraction of sp³-hybridized carbons (Fsp3) is 0.667. The molecular weight excluding hydrogens is 501 g/mol. The first-order valence-electron chi connectivity index (χ1n) is 13.2. The normalized spacial score (nSPS) is 25.5. The van der Waals surface area contributed by atoms with Crippen LogP contribution < -0.4 is 5.32 Å². The summed E-state index contributed by atoms with van der Waals surface area (Å²) in [5.41, 5.74) is 0.756. The average Bonchev–Trinajstić information content (AvgIpc) is 3.80. The summed E-state index contributed by atoms with van der Waals surface area (Å²) in [6.07, 6.45) is 6.18. The molecule has 1 aromatic carbocycles. The molecule has 2 aliphatic heterocycles. The first-order chi connectivity index (χ1) is 17.2. The Hall–Kier alpha value is -1.99. The van der Waals surface area contributed by atoms with Crippen molar-refractivity contribution >= 4 is 41.1 Å². The van der Waals surface area contributed by atoms with Gasteiger partial charge in [0.2, 0.25) is 11.8 Å². The van der Waals surface area contributed by atoms with Crippen LogP contribution in [-0.4, -0.2) is 66.5 Å². The molecule has 1 aromatic rings. The molecule has 5 rings (SSSR count). The summed E-state index contributed by atoms with van der Waals surface area (Å²) in [4.78, 5) is 42.5. The Balaban J connectivity index is 1.22. The standard InChI is InChI=1S/C27H35Cl2N3O4/c1-27(9-10-27)25(34)31-11-6-18(7-12-31)24(33)32-15-20(19-4-5-21(28)22(29)14-19)23(16-32)30-26(35)36-13-8-17-2-3-17/h4-5,14,17-18,20,23H,2-3,6-13,15-16H2,1H3,(H,30,35)/t20-,23+/m1/s1. The van der Waals surface area contributed by atoms with Gasteiger partial charge < -0.3 is 19.9 Å².